The average molecular weight is 252 g/mol. The number of methoxy groups -OCH3 is 1. The number of ether oxygens (including phenoxy) is 1. The van der Waals surface area contributed by atoms with Crippen LogP contribution in [0.1, 0.15) is 17.3 Å². The van der Waals surface area contributed by atoms with Crippen LogP contribution in [0.5, 0.6) is 5.75 Å². The van der Waals surface area contributed by atoms with E-state index < -0.39 is 0 Å². The molecule has 17 heavy (non-hydrogen) atoms. The Morgan fingerprint density at radius 2 is 2.35 bits per heavy atom. The van der Waals surface area contributed by atoms with Crippen molar-refractivity contribution < 1.29 is 9.13 Å². The summed E-state index contributed by atoms with van der Waals surface area (Å²) in [5.74, 6) is -0.119. The molecule has 2 aromatic rings. The van der Waals surface area contributed by atoms with Gasteiger partial charge in [0, 0.05) is 5.38 Å². The van der Waals surface area contributed by atoms with Crippen molar-refractivity contribution in [3.63, 3.8) is 0 Å². The third-order valence-electron chi connectivity index (χ3n) is 2.50. The van der Waals surface area contributed by atoms with Gasteiger partial charge in [-0.1, -0.05) is 6.07 Å². The van der Waals surface area contributed by atoms with Gasteiger partial charge in [0.25, 0.3) is 0 Å². The molecule has 2 N–H and O–H groups in total. The maximum atomic E-state index is 13.5. The zero-order valence-corrected chi connectivity index (χ0v) is 10.2. The lowest BCUT2D eigenvalue weighted by molar-refractivity contribution is 0.386. The zero-order valence-electron chi connectivity index (χ0n) is 9.39. The smallest absolute Gasteiger partial charge is 0.165 e. The number of nitrogens with two attached hydrogens (primary N) is 1. The van der Waals surface area contributed by atoms with Crippen LogP contribution < -0.4 is 10.5 Å². The van der Waals surface area contributed by atoms with Crippen molar-refractivity contribution >= 4 is 11.3 Å². The Balaban J connectivity index is 2.11. The van der Waals surface area contributed by atoms with Gasteiger partial charge in [-0.3, -0.25) is 0 Å². The molecule has 0 spiro atoms. The monoisotopic (exact) mass is 252 g/mol. The van der Waals surface area contributed by atoms with E-state index in [0.717, 1.165) is 11.3 Å². The second-order valence-electron chi connectivity index (χ2n) is 3.69. The fourth-order valence-electron chi connectivity index (χ4n) is 1.60. The average Bonchev–Trinajstić information content (AvgIpc) is 2.82. The van der Waals surface area contributed by atoms with Crippen LogP contribution in [0.3, 0.4) is 0 Å². The Morgan fingerprint density at radius 3 is 2.94 bits per heavy atom. The molecule has 5 heteroatoms. The van der Waals surface area contributed by atoms with Gasteiger partial charge in [0.2, 0.25) is 0 Å². The molecule has 0 bridgehead atoms. The molecule has 0 aliphatic carbocycles. The second-order valence-corrected chi connectivity index (χ2v) is 4.41. The minimum absolute atomic E-state index is 0.200. The quantitative estimate of drug-likeness (QED) is 0.909. The number of aromatic nitrogens is 1. The van der Waals surface area contributed by atoms with Crippen molar-refractivity contribution in [1.82, 2.24) is 4.98 Å². The molecule has 0 radical (unpaired) electrons. The molecule has 90 valence electrons. The fourth-order valence-corrected chi connectivity index (χ4v) is 2.22. The van der Waals surface area contributed by atoms with Gasteiger partial charge >= 0.3 is 0 Å². The first-order valence-corrected chi connectivity index (χ1v) is 6.11. The van der Waals surface area contributed by atoms with Crippen LogP contribution in [0.4, 0.5) is 4.39 Å². The highest BCUT2D eigenvalue weighted by molar-refractivity contribution is 7.07. The highest BCUT2D eigenvalue weighted by Crippen LogP contribution is 2.21. The van der Waals surface area contributed by atoms with Crippen molar-refractivity contribution in [2.75, 3.05) is 7.11 Å². The summed E-state index contributed by atoms with van der Waals surface area (Å²) >= 11 is 1.50. The first-order chi connectivity index (χ1) is 8.20. The Bertz CT molecular complexity index is 487. The van der Waals surface area contributed by atoms with E-state index >= 15 is 0 Å². The van der Waals surface area contributed by atoms with Gasteiger partial charge in [0.05, 0.1) is 24.4 Å². The third-order valence-corrected chi connectivity index (χ3v) is 3.11. The van der Waals surface area contributed by atoms with Crippen LogP contribution in [0.15, 0.2) is 29.1 Å². The summed E-state index contributed by atoms with van der Waals surface area (Å²) in [5, 5.41) is 1.91. The lowest BCUT2D eigenvalue weighted by Crippen LogP contribution is -2.13. The van der Waals surface area contributed by atoms with Gasteiger partial charge in [-0.2, -0.15) is 0 Å². The molecule has 0 aliphatic rings. The highest BCUT2D eigenvalue weighted by atomic mass is 32.1. The second kappa shape index (κ2) is 5.25. The van der Waals surface area contributed by atoms with Crippen LogP contribution >= 0.6 is 11.3 Å². The predicted octanol–water partition coefficient (Wildman–Crippen LogP) is 2.53. The van der Waals surface area contributed by atoms with Crippen LogP contribution in [0.2, 0.25) is 0 Å². The summed E-state index contributed by atoms with van der Waals surface area (Å²) < 4.78 is 18.3. The van der Waals surface area contributed by atoms with Crippen molar-refractivity contribution in [1.29, 1.82) is 0 Å². The van der Waals surface area contributed by atoms with E-state index in [0.29, 0.717) is 6.42 Å². The first kappa shape index (κ1) is 12.0. The summed E-state index contributed by atoms with van der Waals surface area (Å²) in [6.07, 6.45) is 0.560. The van der Waals surface area contributed by atoms with E-state index in [4.69, 9.17) is 10.5 Å². The summed E-state index contributed by atoms with van der Waals surface area (Å²) in [4.78, 5) is 4.14. The van der Waals surface area contributed by atoms with Crippen molar-refractivity contribution in [3.05, 3.63) is 46.2 Å². The normalized spacial score (nSPS) is 12.4. The number of hydrogen-bond donors (Lipinski definition) is 1. The fraction of sp³-hybridized carbons (Fsp3) is 0.250. The predicted molar refractivity (Wildman–Crippen MR) is 65.7 cm³/mol. The largest absolute Gasteiger partial charge is 0.494 e. The van der Waals surface area contributed by atoms with Gasteiger partial charge in [-0.05, 0) is 24.1 Å². The molecule has 0 saturated heterocycles. The topological polar surface area (TPSA) is 48.1 Å². The molecule has 0 amide bonds. The van der Waals surface area contributed by atoms with Crippen LogP contribution in [0, 0.1) is 5.82 Å². The SMILES string of the molecule is COc1ccc(CC(N)c2cscn2)cc1F. The molecular weight excluding hydrogens is 239 g/mol. The molecule has 0 saturated carbocycles. The molecule has 1 aromatic heterocycles. The maximum Gasteiger partial charge on any atom is 0.165 e. The molecule has 1 heterocycles. The molecule has 2 rings (SSSR count). The Hall–Kier alpha value is -1.46. The van der Waals surface area contributed by atoms with Crippen LogP contribution in [0.25, 0.3) is 0 Å². The maximum absolute atomic E-state index is 13.5. The Morgan fingerprint density at radius 1 is 1.53 bits per heavy atom. The van der Waals surface area contributed by atoms with Crippen molar-refractivity contribution in [2.45, 2.75) is 12.5 Å². The van der Waals surface area contributed by atoms with E-state index in [9.17, 15) is 4.39 Å². The van der Waals surface area contributed by atoms with E-state index in [-0.39, 0.29) is 17.6 Å². The first-order valence-electron chi connectivity index (χ1n) is 5.17. The van der Waals surface area contributed by atoms with Gasteiger partial charge in [0.15, 0.2) is 11.6 Å². The van der Waals surface area contributed by atoms with E-state index in [1.54, 1.807) is 11.6 Å². The summed E-state index contributed by atoms with van der Waals surface area (Å²) in [6.45, 7) is 0. The number of benzene rings is 1. The third kappa shape index (κ3) is 2.81. The summed E-state index contributed by atoms with van der Waals surface area (Å²) in [5.41, 5.74) is 9.40. The number of nitrogens with zero attached hydrogens (tertiary/aromatic N) is 1. The number of thiazole rings is 1. The van der Waals surface area contributed by atoms with Gasteiger partial charge < -0.3 is 10.5 Å². The minimum atomic E-state index is -0.365. The number of rotatable bonds is 4. The molecule has 3 nitrogen and oxygen atoms in total. The van der Waals surface area contributed by atoms with Gasteiger partial charge in [0.1, 0.15) is 0 Å². The van der Waals surface area contributed by atoms with Gasteiger partial charge in [-0.25, -0.2) is 9.37 Å². The molecule has 1 atom stereocenters. The minimum Gasteiger partial charge on any atom is -0.494 e. The highest BCUT2D eigenvalue weighted by Gasteiger charge is 2.11. The van der Waals surface area contributed by atoms with Crippen molar-refractivity contribution in [3.8, 4) is 5.75 Å². The Kier molecular flexibility index (Phi) is 3.71. The lowest BCUT2D eigenvalue weighted by atomic mass is 10.0. The number of hydrogen-bond acceptors (Lipinski definition) is 4. The summed E-state index contributed by atoms with van der Waals surface area (Å²) in [7, 11) is 1.44. The molecule has 1 unspecified atom stereocenters. The Labute approximate surface area is 103 Å². The number of halogens is 1. The molecule has 1 aromatic carbocycles. The van der Waals surface area contributed by atoms with Gasteiger partial charge in [-0.15, -0.1) is 11.3 Å². The molecule has 0 aliphatic heterocycles. The summed E-state index contributed by atoms with van der Waals surface area (Å²) in [6, 6.07) is 4.67. The van der Waals surface area contributed by atoms with E-state index in [2.05, 4.69) is 4.98 Å². The molecular formula is C12H13FN2OS. The zero-order chi connectivity index (χ0) is 12.3. The van der Waals surface area contributed by atoms with Crippen LogP contribution in [-0.4, -0.2) is 12.1 Å². The molecule has 0 fully saturated rings. The lowest BCUT2D eigenvalue weighted by Gasteiger charge is -2.10. The van der Waals surface area contributed by atoms with E-state index in [1.165, 1.54) is 24.5 Å². The van der Waals surface area contributed by atoms with Crippen LogP contribution in [-0.2, 0) is 6.42 Å². The standard InChI is InChI=1S/C12H13FN2OS/c1-16-12-3-2-8(4-9(12)13)5-10(14)11-6-17-7-15-11/h2-4,6-7,10H,5,14H2,1H3. The van der Waals surface area contributed by atoms with Crippen molar-refractivity contribution in [2.24, 2.45) is 5.73 Å². The van der Waals surface area contributed by atoms with E-state index in [1.807, 2.05) is 11.4 Å².